The topological polar surface area (TPSA) is 71.5 Å². The normalized spacial score (nSPS) is 11.9. The number of carbonyl (C=O) groups is 2. The number of rotatable bonds is 21. The van der Waals surface area contributed by atoms with E-state index in [0.717, 1.165) is 35.2 Å². The van der Waals surface area contributed by atoms with Crippen molar-refractivity contribution in [3.8, 4) is 0 Å². The summed E-state index contributed by atoms with van der Waals surface area (Å²) in [6.45, 7) is 8.70. The largest absolute Gasteiger partial charge is 0.465 e. The molecule has 0 aliphatic heterocycles. The van der Waals surface area contributed by atoms with Crippen molar-refractivity contribution in [3.63, 3.8) is 0 Å². The second-order valence-electron chi connectivity index (χ2n) is 15.0. The van der Waals surface area contributed by atoms with Crippen LogP contribution in [0, 0.1) is 6.42 Å². The summed E-state index contributed by atoms with van der Waals surface area (Å²) in [6, 6.07) is 46.5. The van der Waals surface area contributed by atoms with Crippen LogP contribution in [-0.4, -0.2) is 48.7 Å². The number of esters is 1. The highest BCUT2D eigenvalue weighted by Crippen LogP contribution is 2.48. The standard InChI is InChI=1S/C47H53ClN3O3SSi/c1-56(2,3)33-31-54-46(53)37-51(35-38-27-29-42(48)30-28-38)36-44-25-17-24-43(50-44)34-49-45(52)26-15-4-5-16-32-55-47(39-18-9-6-10-19-39,40-20-11-7-12-21-40)41-22-13-8-14-23-41/h4-15,17-25,27-30H,16,26,31-37H2,1-3H3,(H,49,52)/b5-4+. The van der Waals surface area contributed by atoms with Gasteiger partial charge >= 0.3 is 5.97 Å². The molecule has 1 radical (unpaired) electrons. The summed E-state index contributed by atoms with van der Waals surface area (Å²) in [6.07, 6.45) is 7.16. The number of thioether (sulfide) groups is 1. The molecule has 56 heavy (non-hydrogen) atoms. The van der Waals surface area contributed by atoms with Crippen molar-refractivity contribution in [1.29, 1.82) is 0 Å². The maximum atomic E-state index is 12.8. The number of allylic oxidation sites excluding steroid dienone is 2. The number of aromatic nitrogens is 1. The number of amides is 1. The average molecular weight is 804 g/mol. The lowest BCUT2D eigenvalue weighted by Crippen LogP contribution is -2.32. The van der Waals surface area contributed by atoms with Gasteiger partial charge in [-0.1, -0.05) is 153 Å². The Kier molecular flexibility index (Phi) is 16.6. The molecule has 5 rings (SSSR count). The van der Waals surface area contributed by atoms with Gasteiger partial charge in [-0.3, -0.25) is 19.5 Å². The van der Waals surface area contributed by atoms with Crippen LogP contribution >= 0.6 is 23.4 Å². The number of hydrogen-bond acceptors (Lipinski definition) is 6. The summed E-state index contributed by atoms with van der Waals surface area (Å²) >= 11 is 8.05. The average Bonchev–Trinajstić information content (AvgIpc) is 3.20. The van der Waals surface area contributed by atoms with Crippen LogP contribution in [0.15, 0.2) is 146 Å². The van der Waals surface area contributed by atoms with Crippen LogP contribution in [0.3, 0.4) is 0 Å². The van der Waals surface area contributed by atoms with Crippen LogP contribution in [0.1, 0.15) is 46.5 Å². The van der Waals surface area contributed by atoms with E-state index in [1.807, 2.05) is 71.6 Å². The number of benzene rings is 4. The fourth-order valence-corrected chi connectivity index (χ4v) is 8.65. The van der Waals surface area contributed by atoms with E-state index >= 15 is 0 Å². The highest BCUT2D eigenvalue weighted by molar-refractivity contribution is 8.00. The molecule has 0 spiro atoms. The molecular weight excluding hydrogens is 750 g/mol. The van der Waals surface area contributed by atoms with Gasteiger partial charge in [0.05, 0.1) is 35.8 Å². The van der Waals surface area contributed by atoms with Gasteiger partial charge in [0.2, 0.25) is 5.91 Å². The second kappa shape index (κ2) is 21.7. The van der Waals surface area contributed by atoms with Crippen LogP contribution in [-0.2, 0) is 38.7 Å². The van der Waals surface area contributed by atoms with E-state index < -0.39 is 8.07 Å². The van der Waals surface area contributed by atoms with Crippen molar-refractivity contribution < 1.29 is 14.3 Å². The minimum Gasteiger partial charge on any atom is -0.465 e. The van der Waals surface area contributed by atoms with Crippen LogP contribution in [0.2, 0.25) is 30.7 Å². The molecule has 1 heterocycles. The fourth-order valence-electron chi connectivity index (χ4n) is 6.34. The number of halogens is 1. The summed E-state index contributed by atoms with van der Waals surface area (Å²) in [5.41, 5.74) is 6.35. The number of nitrogens with zero attached hydrogens (tertiary/aromatic N) is 2. The summed E-state index contributed by atoms with van der Waals surface area (Å²) in [5.74, 6) is 0.580. The van der Waals surface area contributed by atoms with Crippen molar-refractivity contribution >= 4 is 43.3 Å². The molecule has 0 saturated heterocycles. The minimum atomic E-state index is -1.31. The van der Waals surface area contributed by atoms with Gasteiger partial charge in [0, 0.05) is 32.6 Å². The van der Waals surface area contributed by atoms with E-state index in [9.17, 15) is 9.59 Å². The van der Waals surface area contributed by atoms with Gasteiger partial charge in [-0.15, -0.1) is 11.8 Å². The summed E-state index contributed by atoms with van der Waals surface area (Å²) in [5, 5.41) is 3.67. The molecule has 291 valence electrons. The van der Waals surface area contributed by atoms with E-state index in [2.05, 4.69) is 122 Å². The molecule has 1 aromatic heterocycles. The van der Waals surface area contributed by atoms with Gasteiger partial charge < -0.3 is 10.1 Å². The highest BCUT2D eigenvalue weighted by atomic mass is 35.5. The van der Waals surface area contributed by atoms with Gasteiger partial charge in [0.25, 0.3) is 0 Å². The first-order valence-corrected chi connectivity index (χ1v) is 24.3. The van der Waals surface area contributed by atoms with Crippen LogP contribution < -0.4 is 5.32 Å². The quantitative estimate of drug-likeness (QED) is 0.0345. The Morgan fingerprint density at radius 2 is 1.38 bits per heavy atom. The maximum Gasteiger partial charge on any atom is 0.320 e. The van der Waals surface area contributed by atoms with Gasteiger partial charge in [-0.25, -0.2) is 0 Å². The van der Waals surface area contributed by atoms with Crippen LogP contribution in [0.4, 0.5) is 0 Å². The van der Waals surface area contributed by atoms with Crippen molar-refractivity contribution in [2.75, 3.05) is 18.9 Å². The first-order chi connectivity index (χ1) is 27.1. The highest BCUT2D eigenvalue weighted by Gasteiger charge is 2.36. The molecule has 6 nitrogen and oxygen atoms in total. The zero-order chi connectivity index (χ0) is 39.6. The molecule has 0 aliphatic rings. The molecule has 4 aromatic carbocycles. The Balaban J connectivity index is 1.11. The minimum absolute atomic E-state index is 0.0714. The lowest BCUT2D eigenvalue weighted by Gasteiger charge is -2.35. The predicted octanol–water partition coefficient (Wildman–Crippen LogP) is 10.5. The number of hydrogen-bond donors (Lipinski definition) is 1. The van der Waals surface area contributed by atoms with Crippen molar-refractivity contribution in [2.45, 2.75) is 62.9 Å². The zero-order valence-corrected chi connectivity index (χ0v) is 35.3. The van der Waals surface area contributed by atoms with Crippen molar-refractivity contribution in [1.82, 2.24) is 15.2 Å². The van der Waals surface area contributed by atoms with Crippen molar-refractivity contribution in [3.05, 3.63) is 191 Å². The third-order valence-corrected chi connectivity index (χ3v) is 12.8. The van der Waals surface area contributed by atoms with E-state index in [4.69, 9.17) is 21.3 Å². The molecule has 5 aromatic rings. The Labute approximate surface area is 343 Å². The van der Waals surface area contributed by atoms with Crippen LogP contribution in [0.25, 0.3) is 0 Å². The molecule has 0 fully saturated rings. The number of pyridine rings is 1. The molecule has 9 heteroatoms. The fraction of sp³-hybridized carbons (Fsp3) is 0.277. The number of carbonyl (C=O) groups excluding carboxylic acids is 2. The Morgan fingerprint density at radius 3 is 1.96 bits per heavy atom. The third-order valence-electron chi connectivity index (χ3n) is 9.22. The molecule has 0 atom stereocenters. The van der Waals surface area contributed by atoms with Gasteiger partial charge in [-0.2, -0.15) is 0 Å². The van der Waals surface area contributed by atoms with Gasteiger partial charge in [0.15, 0.2) is 0 Å². The summed E-state index contributed by atoms with van der Waals surface area (Å²) in [4.78, 5) is 32.5. The van der Waals surface area contributed by atoms with Gasteiger partial charge in [0.1, 0.15) is 0 Å². The molecule has 0 aliphatic carbocycles. The predicted molar refractivity (Wildman–Crippen MR) is 235 cm³/mol. The van der Waals surface area contributed by atoms with Gasteiger partial charge in [-0.05, 0) is 71.2 Å². The molecule has 0 saturated carbocycles. The van der Waals surface area contributed by atoms with E-state index in [1.165, 1.54) is 16.7 Å². The van der Waals surface area contributed by atoms with E-state index in [0.29, 0.717) is 31.3 Å². The monoisotopic (exact) mass is 802 g/mol. The molecule has 1 N–H and O–H groups in total. The zero-order valence-electron chi connectivity index (χ0n) is 32.7. The summed E-state index contributed by atoms with van der Waals surface area (Å²) in [7, 11) is -1.31. The van der Waals surface area contributed by atoms with Crippen molar-refractivity contribution in [2.24, 2.45) is 0 Å². The van der Waals surface area contributed by atoms with E-state index in [1.54, 1.807) is 0 Å². The third kappa shape index (κ3) is 13.6. The lowest BCUT2D eigenvalue weighted by molar-refractivity contribution is -0.144. The molecule has 0 unspecified atom stereocenters. The molecular formula is C47H53ClN3O3SSi. The first-order valence-electron chi connectivity index (χ1n) is 19.2. The van der Waals surface area contributed by atoms with Crippen LogP contribution in [0.5, 0.6) is 0 Å². The summed E-state index contributed by atoms with van der Waals surface area (Å²) < 4.78 is 5.26. The Morgan fingerprint density at radius 1 is 0.786 bits per heavy atom. The lowest BCUT2D eigenvalue weighted by atomic mass is 9.84. The Hall–Kier alpha value is -4.47. The first kappa shape index (κ1) is 42.7. The smallest absolute Gasteiger partial charge is 0.320 e. The number of nitrogens with one attached hydrogen (secondary N) is 1. The number of ether oxygens (including phenoxy) is 1. The Bertz CT molecular complexity index is 1880. The van der Waals surface area contributed by atoms with E-state index in [-0.39, 0.29) is 29.6 Å². The SMILES string of the molecule is C[Si](C)(C)CCOC(=O)CN(Cc1ccc(Cl)cc1)Cc1cccc(CNC(=O)C[CH]/C=C/CCSC(c2ccccc2)(c2ccccc2)c2ccccc2)n1. The molecule has 1 amide bonds. The molecule has 0 bridgehead atoms. The second-order valence-corrected chi connectivity index (χ2v) is 22.4. The maximum absolute atomic E-state index is 12.8.